The maximum atomic E-state index is 13.4. The van der Waals surface area contributed by atoms with E-state index in [1.807, 2.05) is 0 Å². The number of carbonyl (C=O) groups excluding carboxylic acids is 1. The predicted molar refractivity (Wildman–Crippen MR) is 105 cm³/mol. The lowest BCUT2D eigenvalue weighted by Crippen LogP contribution is -2.49. The monoisotopic (exact) mass is 422 g/mol. The fourth-order valence-electron chi connectivity index (χ4n) is 3.00. The summed E-state index contributed by atoms with van der Waals surface area (Å²) < 4.78 is 46.6. The molecule has 0 radical (unpaired) electrons. The van der Waals surface area contributed by atoms with E-state index < -0.39 is 23.5 Å². The second kappa shape index (κ2) is 8.99. The van der Waals surface area contributed by atoms with Crippen molar-refractivity contribution in [3.63, 3.8) is 0 Å². The van der Waals surface area contributed by atoms with Gasteiger partial charge in [0.25, 0.3) is 0 Å². The number of aromatic nitrogens is 2. The van der Waals surface area contributed by atoms with Crippen LogP contribution >= 0.6 is 0 Å². The average Bonchev–Trinajstić information content (AvgIpc) is 3.16. The number of amides is 2. The first-order valence-electron chi connectivity index (χ1n) is 9.04. The summed E-state index contributed by atoms with van der Waals surface area (Å²) in [5, 5.41) is 6.62. The summed E-state index contributed by atoms with van der Waals surface area (Å²) in [7, 11) is 1.57. The van der Waals surface area contributed by atoms with Gasteiger partial charge in [0.2, 0.25) is 0 Å². The van der Waals surface area contributed by atoms with E-state index in [1.165, 1.54) is 15.8 Å². The standard InChI is InChI=1S/C19H21F3N6O2/c1-11-6-24-16(17(5-23)28-8-12(7-25-28)10-30-2)9-27(11)19(29)26-13-3-14(20)18(22)15(21)4-13/h3-5,7-8,11H,6,9-10,23H2,1-2H3,(H,26,29). The maximum absolute atomic E-state index is 13.4. The lowest BCUT2D eigenvalue weighted by Gasteiger charge is -2.33. The molecule has 8 nitrogen and oxygen atoms in total. The predicted octanol–water partition coefficient (Wildman–Crippen LogP) is 2.58. The van der Waals surface area contributed by atoms with Crippen LogP contribution in [-0.2, 0) is 11.3 Å². The Morgan fingerprint density at radius 3 is 2.70 bits per heavy atom. The molecule has 0 bridgehead atoms. The first-order chi connectivity index (χ1) is 14.3. The van der Waals surface area contributed by atoms with Gasteiger partial charge in [0.05, 0.1) is 37.6 Å². The SMILES string of the molecule is COCc1cnn(C(=CN)C2=NCC(C)N(C(=O)Nc3cc(F)c(F)c(F)c3)C2)c1. The molecule has 3 rings (SSSR count). The van der Waals surface area contributed by atoms with Crippen molar-refractivity contribution in [2.75, 3.05) is 25.5 Å². The maximum Gasteiger partial charge on any atom is 0.322 e. The van der Waals surface area contributed by atoms with Crippen LogP contribution in [0.15, 0.2) is 35.7 Å². The number of methoxy groups -OCH3 is 1. The molecule has 1 aliphatic heterocycles. The van der Waals surface area contributed by atoms with Crippen molar-refractivity contribution in [3.8, 4) is 0 Å². The molecule has 1 aromatic carbocycles. The molecule has 30 heavy (non-hydrogen) atoms. The van der Waals surface area contributed by atoms with E-state index in [0.29, 0.717) is 36.7 Å². The van der Waals surface area contributed by atoms with Gasteiger partial charge in [-0.2, -0.15) is 5.10 Å². The van der Waals surface area contributed by atoms with Gasteiger partial charge >= 0.3 is 6.03 Å². The highest BCUT2D eigenvalue weighted by molar-refractivity contribution is 6.20. The first-order valence-corrected chi connectivity index (χ1v) is 9.04. The molecule has 160 valence electrons. The van der Waals surface area contributed by atoms with Crippen LogP contribution in [0, 0.1) is 17.5 Å². The third kappa shape index (κ3) is 4.46. The molecule has 1 atom stereocenters. The average molecular weight is 422 g/mol. The number of nitrogens with two attached hydrogens (primary N) is 1. The van der Waals surface area contributed by atoms with E-state index in [9.17, 15) is 18.0 Å². The van der Waals surface area contributed by atoms with Crippen LogP contribution in [0.3, 0.4) is 0 Å². The number of ether oxygens (including phenoxy) is 1. The molecule has 0 saturated heterocycles. The fraction of sp³-hybridized carbons (Fsp3) is 0.316. The molecular weight excluding hydrogens is 401 g/mol. The number of benzene rings is 1. The Balaban J connectivity index is 1.77. The van der Waals surface area contributed by atoms with Crippen LogP contribution < -0.4 is 11.1 Å². The van der Waals surface area contributed by atoms with Gasteiger partial charge in [-0.15, -0.1) is 0 Å². The van der Waals surface area contributed by atoms with Crippen LogP contribution in [0.2, 0.25) is 0 Å². The van der Waals surface area contributed by atoms with E-state index in [1.54, 1.807) is 26.4 Å². The normalized spacial score (nSPS) is 17.1. The summed E-state index contributed by atoms with van der Waals surface area (Å²) in [6, 6.07) is 0.528. The Labute approximate surface area is 170 Å². The summed E-state index contributed by atoms with van der Waals surface area (Å²) >= 11 is 0. The number of hydrogen-bond donors (Lipinski definition) is 2. The van der Waals surface area contributed by atoms with Gasteiger partial charge in [-0.05, 0) is 6.92 Å². The first kappa shape index (κ1) is 21.4. The van der Waals surface area contributed by atoms with Crippen molar-refractivity contribution >= 4 is 23.1 Å². The molecule has 2 heterocycles. The summed E-state index contributed by atoms with van der Waals surface area (Å²) in [5.74, 6) is -4.38. The molecule has 0 spiro atoms. The zero-order valence-corrected chi connectivity index (χ0v) is 16.4. The van der Waals surface area contributed by atoms with Gasteiger partial charge in [-0.3, -0.25) is 4.99 Å². The number of carbonyl (C=O) groups is 1. The zero-order valence-electron chi connectivity index (χ0n) is 16.4. The van der Waals surface area contributed by atoms with Gasteiger partial charge in [-0.1, -0.05) is 0 Å². The Kier molecular flexibility index (Phi) is 6.40. The van der Waals surface area contributed by atoms with E-state index in [-0.39, 0.29) is 18.3 Å². The van der Waals surface area contributed by atoms with E-state index in [2.05, 4.69) is 15.4 Å². The lowest BCUT2D eigenvalue weighted by molar-refractivity contribution is 0.185. The van der Waals surface area contributed by atoms with Gasteiger partial charge < -0.3 is 20.7 Å². The number of rotatable bonds is 5. The van der Waals surface area contributed by atoms with E-state index in [4.69, 9.17) is 10.5 Å². The Hall–Kier alpha value is -3.34. The Morgan fingerprint density at radius 1 is 1.37 bits per heavy atom. The Morgan fingerprint density at radius 2 is 2.07 bits per heavy atom. The molecule has 1 unspecified atom stereocenters. The van der Waals surface area contributed by atoms with Crippen molar-refractivity contribution in [1.29, 1.82) is 0 Å². The highest BCUT2D eigenvalue weighted by Gasteiger charge is 2.28. The third-order valence-corrected chi connectivity index (χ3v) is 4.54. The number of halogens is 3. The number of nitrogens with one attached hydrogen (secondary N) is 1. The highest BCUT2D eigenvalue weighted by atomic mass is 19.2. The highest BCUT2D eigenvalue weighted by Crippen LogP contribution is 2.20. The number of aliphatic imine (C=N–C) groups is 1. The number of hydrogen-bond acceptors (Lipinski definition) is 5. The fourth-order valence-corrected chi connectivity index (χ4v) is 3.00. The second-order valence-corrected chi connectivity index (χ2v) is 6.73. The number of anilines is 1. The zero-order chi connectivity index (χ0) is 21.8. The van der Waals surface area contributed by atoms with Crippen molar-refractivity contribution < 1.29 is 22.7 Å². The molecule has 1 aromatic heterocycles. The van der Waals surface area contributed by atoms with Crippen LogP contribution in [0.25, 0.3) is 5.70 Å². The number of nitrogens with zero attached hydrogens (tertiary/aromatic N) is 4. The summed E-state index contributed by atoms with van der Waals surface area (Å²) in [6.45, 7) is 2.53. The molecule has 0 fully saturated rings. The van der Waals surface area contributed by atoms with Crippen molar-refractivity contribution in [3.05, 3.63) is 53.7 Å². The smallest absolute Gasteiger partial charge is 0.322 e. The second-order valence-electron chi connectivity index (χ2n) is 6.73. The molecule has 2 aromatic rings. The molecule has 3 N–H and O–H groups in total. The molecule has 0 saturated carbocycles. The Bertz CT molecular complexity index is 981. The molecule has 1 aliphatic rings. The van der Waals surface area contributed by atoms with Gasteiger partial charge in [-0.25, -0.2) is 22.6 Å². The van der Waals surface area contributed by atoms with E-state index >= 15 is 0 Å². The van der Waals surface area contributed by atoms with Crippen LogP contribution in [-0.4, -0.2) is 52.7 Å². The van der Waals surface area contributed by atoms with E-state index in [0.717, 1.165) is 5.56 Å². The number of urea groups is 1. The molecular formula is C19H21F3N6O2. The van der Waals surface area contributed by atoms with Crippen LogP contribution in [0.4, 0.5) is 23.7 Å². The molecule has 11 heteroatoms. The molecule has 2 amide bonds. The van der Waals surface area contributed by atoms with Crippen molar-refractivity contribution in [2.24, 2.45) is 10.7 Å². The topological polar surface area (TPSA) is 97.8 Å². The minimum atomic E-state index is -1.60. The quantitative estimate of drug-likeness (QED) is 0.724. The minimum absolute atomic E-state index is 0.0850. The summed E-state index contributed by atoms with van der Waals surface area (Å²) in [5.41, 5.74) is 7.40. The van der Waals surface area contributed by atoms with Gasteiger partial charge in [0.15, 0.2) is 17.5 Å². The van der Waals surface area contributed by atoms with Gasteiger partial charge in [0, 0.05) is 42.9 Å². The molecule has 0 aliphatic carbocycles. The van der Waals surface area contributed by atoms with Gasteiger partial charge in [0.1, 0.15) is 5.70 Å². The summed E-state index contributed by atoms with van der Waals surface area (Å²) in [6.07, 6.45) is 4.69. The summed E-state index contributed by atoms with van der Waals surface area (Å²) in [4.78, 5) is 18.6. The van der Waals surface area contributed by atoms with Crippen molar-refractivity contribution in [1.82, 2.24) is 14.7 Å². The van der Waals surface area contributed by atoms with Crippen LogP contribution in [0.1, 0.15) is 12.5 Å². The lowest BCUT2D eigenvalue weighted by atomic mass is 10.1. The largest absolute Gasteiger partial charge is 0.403 e. The minimum Gasteiger partial charge on any atom is -0.403 e. The van der Waals surface area contributed by atoms with Crippen LogP contribution in [0.5, 0.6) is 0 Å². The van der Waals surface area contributed by atoms with Crippen molar-refractivity contribution in [2.45, 2.75) is 19.6 Å². The third-order valence-electron chi connectivity index (χ3n) is 4.54.